The molecule has 0 radical (unpaired) electrons. The third-order valence-electron chi connectivity index (χ3n) is 4.74. The van der Waals surface area contributed by atoms with E-state index in [0.717, 1.165) is 11.3 Å². The molecule has 0 saturated carbocycles. The maximum atomic E-state index is 13.4. The van der Waals surface area contributed by atoms with Gasteiger partial charge >= 0.3 is 0 Å². The zero-order valence-electron chi connectivity index (χ0n) is 17.4. The average Bonchev–Trinajstić information content (AvgIpc) is 3.15. The Hall–Kier alpha value is -3.99. The van der Waals surface area contributed by atoms with Gasteiger partial charge in [-0.2, -0.15) is 5.26 Å². The van der Waals surface area contributed by atoms with E-state index in [4.69, 9.17) is 16.3 Å². The van der Waals surface area contributed by atoms with Gasteiger partial charge in [-0.1, -0.05) is 35.9 Å². The van der Waals surface area contributed by atoms with Crippen molar-refractivity contribution in [2.24, 2.45) is 0 Å². The molecule has 33 heavy (non-hydrogen) atoms. The van der Waals surface area contributed by atoms with Crippen LogP contribution < -0.4 is 19.5 Å². The SMILES string of the molecule is COc1cccc(-n2c(=O)/c(=C\c3ccccn3)s/c2=C(/C#N)C(=O)c2cccc(Cl)c2)c1. The fourth-order valence-electron chi connectivity index (χ4n) is 3.20. The van der Waals surface area contributed by atoms with Gasteiger partial charge in [-0.15, -0.1) is 11.3 Å². The number of nitriles is 1. The second-order valence-electron chi connectivity index (χ2n) is 6.84. The highest BCUT2D eigenvalue weighted by Crippen LogP contribution is 2.17. The predicted molar refractivity (Wildman–Crippen MR) is 128 cm³/mol. The number of ketones is 1. The summed E-state index contributed by atoms with van der Waals surface area (Å²) in [4.78, 5) is 30.9. The smallest absolute Gasteiger partial charge is 0.273 e. The molecular formula is C25H16ClN3O3S. The number of carbonyl (C=O) groups excluding carboxylic acids is 1. The maximum absolute atomic E-state index is 13.4. The topological polar surface area (TPSA) is 85.0 Å². The molecular weight excluding hydrogens is 458 g/mol. The van der Waals surface area contributed by atoms with Crippen LogP contribution in [0, 0.1) is 11.3 Å². The lowest BCUT2D eigenvalue weighted by Gasteiger charge is -2.06. The summed E-state index contributed by atoms with van der Waals surface area (Å²) in [6, 6.07) is 20.5. The van der Waals surface area contributed by atoms with Crippen molar-refractivity contribution in [3.8, 4) is 17.5 Å². The van der Waals surface area contributed by atoms with E-state index in [0.29, 0.717) is 26.7 Å². The van der Waals surface area contributed by atoms with Gasteiger partial charge in [-0.3, -0.25) is 19.1 Å². The Morgan fingerprint density at radius 1 is 1.15 bits per heavy atom. The van der Waals surface area contributed by atoms with Crippen LogP contribution >= 0.6 is 22.9 Å². The Morgan fingerprint density at radius 3 is 2.67 bits per heavy atom. The van der Waals surface area contributed by atoms with Crippen molar-refractivity contribution < 1.29 is 9.53 Å². The maximum Gasteiger partial charge on any atom is 0.273 e. The molecule has 0 aliphatic carbocycles. The van der Waals surface area contributed by atoms with Crippen molar-refractivity contribution in [3.05, 3.63) is 109 Å². The van der Waals surface area contributed by atoms with E-state index in [1.807, 2.05) is 12.1 Å². The Bertz CT molecular complexity index is 1570. The number of hydrogen-bond acceptors (Lipinski definition) is 6. The summed E-state index contributed by atoms with van der Waals surface area (Å²) in [5, 5.41) is 10.3. The summed E-state index contributed by atoms with van der Waals surface area (Å²) in [7, 11) is 1.52. The predicted octanol–water partition coefficient (Wildman–Crippen LogP) is 3.34. The standard InChI is InChI=1S/C25H16ClN3O3S/c1-32-20-10-5-9-19(14-20)29-24(31)22(13-18-8-2-3-11-28-18)33-25(29)21(15-27)23(30)16-6-4-7-17(26)12-16/h2-14H,1H3/b22-13+,25-21-. The molecule has 0 bridgehead atoms. The van der Waals surface area contributed by atoms with E-state index in [9.17, 15) is 14.9 Å². The first-order valence-corrected chi connectivity index (χ1v) is 10.9. The van der Waals surface area contributed by atoms with Gasteiger partial charge in [0.2, 0.25) is 5.78 Å². The van der Waals surface area contributed by atoms with Gasteiger partial charge in [0.15, 0.2) is 0 Å². The summed E-state index contributed by atoms with van der Waals surface area (Å²) in [6.45, 7) is 0. The normalized spacial score (nSPS) is 12.2. The summed E-state index contributed by atoms with van der Waals surface area (Å²) < 4.78 is 7.18. The third-order valence-corrected chi connectivity index (χ3v) is 6.07. The zero-order valence-corrected chi connectivity index (χ0v) is 18.9. The Balaban J connectivity index is 2.07. The number of pyridine rings is 1. The van der Waals surface area contributed by atoms with Gasteiger partial charge in [-0.05, 0) is 42.5 Å². The number of methoxy groups -OCH3 is 1. The number of Topliss-reactive ketones (excluding diaryl/α,β-unsaturated/α-hetero) is 1. The van der Waals surface area contributed by atoms with Gasteiger partial charge in [0.1, 0.15) is 22.1 Å². The highest BCUT2D eigenvalue weighted by atomic mass is 35.5. The molecule has 0 amide bonds. The molecule has 0 aliphatic heterocycles. The minimum Gasteiger partial charge on any atom is -0.497 e. The van der Waals surface area contributed by atoms with Gasteiger partial charge in [-0.25, -0.2) is 0 Å². The quantitative estimate of drug-likeness (QED) is 0.415. The van der Waals surface area contributed by atoms with Crippen molar-refractivity contribution in [2.45, 2.75) is 0 Å². The lowest BCUT2D eigenvalue weighted by Crippen LogP contribution is -2.31. The summed E-state index contributed by atoms with van der Waals surface area (Å²) in [5.74, 6) is 0.00811. The molecule has 2 aromatic carbocycles. The number of halogens is 1. The monoisotopic (exact) mass is 473 g/mol. The number of aromatic nitrogens is 2. The molecule has 0 atom stereocenters. The van der Waals surface area contributed by atoms with Gasteiger partial charge in [0, 0.05) is 22.8 Å². The van der Waals surface area contributed by atoms with Crippen molar-refractivity contribution >= 4 is 40.4 Å². The van der Waals surface area contributed by atoms with Gasteiger partial charge in [0.05, 0.1) is 23.0 Å². The number of thiazole rings is 1. The van der Waals surface area contributed by atoms with Crippen LogP contribution in [0.4, 0.5) is 0 Å². The van der Waals surface area contributed by atoms with Crippen LogP contribution in [-0.2, 0) is 0 Å². The average molecular weight is 474 g/mol. The molecule has 2 aromatic heterocycles. The molecule has 8 heteroatoms. The van der Waals surface area contributed by atoms with E-state index in [-0.39, 0.29) is 21.4 Å². The highest BCUT2D eigenvalue weighted by molar-refractivity contribution is 7.07. The van der Waals surface area contributed by atoms with Gasteiger partial charge < -0.3 is 4.74 Å². The molecule has 0 unspecified atom stereocenters. The number of carbonyl (C=O) groups is 1. The van der Waals surface area contributed by atoms with Crippen LogP contribution in [0.25, 0.3) is 17.3 Å². The number of nitrogens with zero attached hydrogens (tertiary/aromatic N) is 3. The largest absolute Gasteiger partial charge is 0.497 e. The molecule has 0 fully saturated rings. The van der Waals surface area contributed by atoms with E-state index in [1.165, 1.54) is 17.7 Å². The zero-order chi connectivity index (χ0) is 23.4. The number of benzene rings is 2. The molecule has 0 saturated heterocycles. The van der Waals surface area contributed by atoms with Crippen LogP contribution in [0.1, 0.15) is 16.1 Å². The van der Waals surface area contributed by atoms with E-state index >= 15 is 0 Å². The van der Waals surface area contributed by atoms with Crippen LogP contribution in [0.5, 0.6) is 5.75 Å². The molecule has 0 spiro atoms. The minimum absolute atomic E-state index is 0.164. The summed E-state index contributed by atoms with van der Waals surface area (Å²) in [5.41, 5.74) is 0.772. The van der Waals surface area contributed by atoms with Crippen molar-refractivity contribution in [2.75, 3.05) is 7.11 Å². The second-order valence-corrected chi connectivity index (χ2v) is 8.31. The summed E-state index contributed by atoms with van der Waals surface area (Å²) >= 11 is 7.09. The molecule has 4 aromatic rings. The fourth-order valence-corrected chi connectivity index (χ4v) is 4.48. The van der Waals surface area contributed by atoms with Crippen molar-refractivity contribution in [1.82, 2.24) is 9.55 Å². The van der Waals surface area contributed by atoms with Crippen LogP contribution in [0.15, 0.2) is 77.7 Å². The van der Waals surface area contributed by atoms with Crippen molar-refractivity contribution in [1.29, 1.82) is 5.26 Å². The molecule has 2 heterocycles. The second kappa shape index (κ2) is 9.65. The third kappa shape index (κ3) is 4.62. The molecule has 4 rings (SSSR count). The number of hydrogen-bond donors (Lipinski definition) is 0. The fraction of sp³-hybridized carbons (Fsp3) is 0.0400. The minimum atomic E-state index is -0.526. The molecule has 162 valence electrons. The number of rotatable bonds is 5. The van der Waals surface area contributed by atoms with E-state index < -0.39 is 5.78 Å². The first kappa shape index (κ1) is 22.2. The highest BCUT2D eigenvalue weighted by Gasteiger charge is 2.19. The number of ether oxygens (including phenoxy) is 1. The Labute approximate surface area is 197 Å². The first-order chi connectivity index (χ1) is 16.0. The first-order valence-electron chi connectivity index (χ1n) is 9.75. The molecule has 0 aliphatic rings. The summed E-state index contributed by atoms with van der Waals surface area (Å²) in [6.07, 6.45) is 3.25. The lowest BCUT2D eigenvalue weighted by molar-refractivity contribution is 0.105. The van der Waals surface area contributed by atoms with Crippen molar-refractivity contribution in [3.63, 3.8) is 0 Å². The van der Waals surface area contributed by atoms with E-state index in [1.54, 1.807) is 66.9 Å². The molecule has 0 N–H and O–H groups in total. The molecule has 6 nitrogen and oxygen atoms in total. The van der Waals surface area contributed by atoms with Crippen LogP contribution in [-0.4, -0.2) is 22.4 Å². The van der Waals surface area contributed by atoms with Gasteiger partial charge in [0.25, 0.3) is 5.56 Å². The van der Waals surface area contributed by atoms with Crippen LogP contribution in [0.2, 0.25) is 5.02 Å². The van der Waals surface area contributed by atoms with E-state index in [2.05, 4.69) is 4.98 Å². The Morgan fingerprint density at radius 2 is 1.97 bits per heavy atom. The Kier molecular flexibility index (Phi) is 6.50. The lowest BCUT2D eigenvalue weighted by atomic mass is 10.1. The van der Waals surface area contributed by atoms with Crippen LogP contribution in [0.3, 0.4) is 0 Å².